The van der Waals surface area contributed by atoms with E-state index >= 15 is 0 Å². The number of carbonyl (C=O) groups excluding carboxylic acids is 2. The number of halogens is 2. The Morgan fingerprint density at radius 2 is 1.67 bits per heavy atom. The van der Waals surface area contributed by atoms with E-state index in [9.17, 15) is 14.0 Å². The Bertz CT molecular complexity index is 1100. The molecule has 1 saturated heterocycles. The largest absolute Gasteiger partial charge is 0.350 e. The van der Waals surface area contributed by atoms with Crippen molar-refractivity contribution < 1.29 is 14.0 Å². The first kappa shape index (κ1) is 23.0. The van der Waals surface area contributed by atoms with E-state index in [0.29, 0.717) is 30.7 Å². The summed E-state index contributed by atoms with van der Waals surface area (Å²) in [5.41, 5.74) is 2.34. The Morgan fingerprint density at radius 3 is 2.30 bits per heavy atom. The van der Waals surface area contributed by atoms with Gasteiger partial charge >= 0.3 is 0 Å². The van der Waals surface area contributed by atoms with Gasteiger partial charge in [0.25, 0.3) is 0 Å². The Morgan fingerprint density at radius 1 is 1.00 bits per heavy atom. The molecule has 0 aliphatic carbocycles. The van der Waals surface area contributed by atoms with Crippen LogP contribution in [-0.2, 0) is 16.0 Å². The summed E-state index contributed by atoms with van der Waals surface area (Å²) in [4.78, 5) is 25.1. The molecule has 0 unspecified atom stereocenters. The molecule has 2 amide bonds. The molecule has 3 aromatic carbocycles. The summed E-state index contributed by atoms with van der Waals surface area (Å²) in [6.07, 6.45) is 2.41. The number of hydrogen-bond acceptors (Lipinski definition) is 2. The highest BCUT2D eigenvalue weighted by atomic mass is 35.5. The maximum absolute atomic E-state index is 13.3. The van der Waals surface area contributed by atoms with Crippen LogP contribution in [0.5, 0.6) is 0 Å². The smallest absolute Gasteiger partial charge is 0.220 e. The predicted octanol–water partition coefficient (Wildman–Crippen LogP) is 5.36. The van der Waals surface area contributed by atoms with Crippen LogP contribution >= 0.6 is 11.6 Å². The third kappa shape index (κ3) is 5.99. The fourth-order valence-corrected chi connectivity index (χ4v) is 4.55. The van der Waals surface area contributed by atoms with Crippen LogP contribution in [0.1, 0.15) is 48.4 Å². The molecular formula is C27H26ClFN2O2. The van der Waals surface area contributed by atoms with Gasteiger partial charge in [-0.15, -0.1) is 0 Å². The van der Waals surface area contributed by atoms with Gasteiger partial charge in [0.1, 0.15) is 5.82 Å². The third-order valence-electron chi connectivity index (χ3n) is 6.16. The number of carbonyl (C=O) groups is 2. The van der Waals surface area contributed by atoms with Crippen molar-refractivity contribution in [2.24, 2.45) is 0 Å². The van der Waals surface area contributed by atoms with E-state index < -0.39 is 5.54 Å². The van der Waals surface area contributed by atoms with E-state index in [1.54, 1.807) is 12.1 Å². The lowest BCUT2D eigenvalue weighted by Crippen LogP contribution is -2.44. The highest BCUT2D eigenvalue weighted by Gasteiger charge is 2.38. The molecule has 0 aromatic heterocycles. The predicted molar refractivity (Wildman–Crippen MR) is 127 cm³/mol. The summed E-state index contributed by atoms with van der Waals surface area (Å²) in [6, 6.07) is 23.2. The van der Waals surface area contributed by atoms with Gasteiger partial charge in [0.2, 0.25) is 11.8 Å². The molecule has 0 spiro atoms. The maximum atomic E-state index is 13.3. The van der Waals surface area contributed by atoms with Crippen LogP contribution in [0.25, 0.3) is 0 Å². The van der Waals surface area contributed by atoms with E-state index in [0.717, 1.165) is 16.7 Å². The molecule has 3 aromatic rings. The highest BCUT2D eigenvalue weighted by molar-refractivity contribution is 6.30. The summed E-state index contributed by atoms with van der Waals surface area (Å²) >= 11 is 6.05. The molecule has 4 nitrogen and oxygen atoms in total. The number of nitrogens with one attached hydrogen (secondary N) is 2. The molecule has 33 heavy (non-hydrogen) atoms. The molecule has 1 aliphatic rings. The Labute approximate surface area is 198 Å². The lowest BCUT2D eigenvalue weighted by molar-refractivity contribution is -0.123. The van der Waals surface area contributed by atoms with E-state index in [1.807, 2.05) is 54.6 Å². The number of rotatable bonds is 8. The highest BCUT2D eigenvalue weighted by Crippen LogP contribution is 2.30. The second kappa shape index (κ2) is 10.2. The molecule has 2 N–H and O–H groups in total. The van der Waals surface area contributed by atoms with Gasteiger partial charge in [-0.25, -0.2) is 4.39 Å². The van der Waals surface area contributed by atoms with Crippen LogP contribution in [0.3, 0.4) is 0 Å². The zero-order valence-electron chi connectivity index (χ0n) is 18.2. The summed E-state index contributed by atoms with van der Waals surface area (Å²) in [6.45, 7) is 0. The van der Waals surface area contributed by atoms with Gasteiger partial charge in [-0.1, -0.05) is 66.2 Å². The van der Waals surface area contributed by atoms with Gasteiger partial charge < -0.3 is 10.6 Å². The molecule has 1 fully saturated rings. The molecular weight excluding hydrogens is 439 g/mol. The fraction of sp³-hybridized carbons (Fsp3) is 0.259. The van der Waals surface area contributed by atoms with Crippen molar-refractivity contribution in [3.8, 4) is 0 Å². The lowest BCUT2D eigenvalue weighted by atomic mass is 9.85. The van der Waals surface area contributed by atoms with Gasteiger partial charge in [-0.3, -0.25) is 9.59 Å². The third-order valence-corrected chi connectivity index (χ3v) is 6.42. The van der Waals surface area contributed by atoms with Crippen molar-refractivity contribution in [3.05, 3.63) is 106 Å². The first-order valence-electron chi connectivity index (χ1n) is 11.1. The van der Waals surface area contributed by atoms with Crippen LogP contribution in [-0.4, -0.2) is 17.4 Å². The van der Waals surface area contributed by atoms with E-state index in [2.05, 4.69) is 10.6 Å². The molecule has 1 heterocycles. The number of amides is 2. The topological polar surface area (TPSA) is 58.2 Å². The normalized spacial score (nSPS) is 18.5. The van der Waals surface area contributed by atoms with E-state index in [4.69, 9.17) is 11.6 Å². The zero-order valence-corrected chi connectivity index (χ0v) is 18.9. The summed E-state index contributed by atoms with van der Waals surface area (Å²) in [7, 11) is 0. The van der Waals surface area contributed by atoms with Gasteiger partial charge in [0.05, 0.1) is 6.04 Å². The summed E-state index contributed by atoms with van der Waals surface area (Å²) < 4.78 is 13.3. The van der Waals surface area contributed by atoms with Crippen molar-refractivity contribution >= 4 is 23.4 Å². The molecule has 0 bridgehead atoms. The SMILES string of the molecule is O=C(CC[C@]1(Cc2ccc(F)cc2)CCC(=O)N1)N[C@@H](c1ccccc1)c1ccc(Cl)cc1. The minimum absolute atomic E-state index is 0.0131. The van der Waals surface area contributed by atoms with Crippen molar-refractivity contribution in [2.75, 3.05) is 0 Å². The standard InChI is InChI=1S/C27H26ClFN2O2/c28-22-10-8-21(9-11-22)26(20-4-2-1-3-5-20)30-24(32)14-16-27(17-15-25(33)31-27)18-19-6-12-23(29)13-7-19/h1-13,26H,14-18H2,(H,30,32)(H,31,33)/t26-,27+/m0/s1. The van der Waals surface area contributed by atoms with E-state index in [-0.39, 0.29) is 30.1 Å². The summed E-state index contributed by atoms with van der Waals surface area (Å²) in [5.74, 6) is -0.406. The van der Waals surface area contributed by atoms with Crippen molar-refractivity contribution in [2.45, 2.75) is 43.7 Å². The fourth-order valence-electron chi connectivity index (χ4n) is 4.42. The molecule has 6 heteroatoms. The molecule has 0 saturated carbocycles. The quantitative estimate of drug-likeness (QED) is 0.471. The van der Waals surface area contributed by atoms with Crippen molar-refractivity contribution in [3.63, 3.8) is 0 Å². The Hall–Kier alpha value is -3.18. The second-order valence-electron chi connectivity index (χ2n) is 8.59. The molecule has 4 rings (SSSR count). The Balaban J connectivity index is 1.47. The van der Waals surface area contributed by atoms with Crippen LogP contribution in [0.2, 0.25) is 5.02 Å². The van der Waals surface area contributed by atoms with Gasteiger partial charge in [-0.05, 0) is 60.2 Å². The summed E-state index contributed by atoms with van der Waals surface area (Å²) in [5, 5.41) is 6.87. The number of hydrogen-bond donors (Lipinski definition) is 2. The minimum atomic E-state index is -0.505. The van der Waals surface area contributed by atoms with Crippen molar-refractivity contribution in [1.82, 2.24) is 10.6 Å². The van der Waals surface area contributed by atoms with Gasteiger partial charge in [-0.2, -0.15) is 0 Å². The van der Waals surface area contributed by atoms with Gasteiger partial charge in [0.15, 0.2) is 0 Å². The zero-order chi connectivity index (χ0) is 23.3. The maximum Gasteiger partial charge on any atom is 0.220 e. The minimum Gasteiger partial charge on any atom is -0.350 e. The lowest BCUT2D eigenvalue weighted by Gasteiger charge is -2.30. The second-order valence-corrected chi connectivity index (χ2v) is 9.03. The van der Waals surface area contributed by atoms with Crippen LogP contribution in [0, 0.1) is 5.82 Å². The number of benzene rings is 3. The molecule has 2 atom stereocenters. The van der Waals surface area contributed by atoms with Gasteiger partial charge in [0, 0.05) is 23.4 Å². The first-order chi connectivity index (χ1) is 15.9. The average Bonchev–Trinajstić information content (AvgIpc) is 3.19. The molecule has 0 radical (unpaired) electrons. The first-order valence-corrected chi connectivity index (χ1v) is 11.5. The average molecular weight is 465 g/mol. The van der Waals surface area contributed by atoms with E-state index in [1.165, 1.54) is 12.1 Å². The Kier molecular flexibility index (Phi) is 7.09. The monoisotopic (exact) mass is 464 g/mol. The van der Waals surface area contributed by atoms with Crippen molar-refractivity contribution in [1.29, 1.82) is 0 Å². The van der Waals surface area contributed by atoms with Crippen LogP contribution < -0.4 is 10.6 Å². The molecule has 1 aliphatic heterocycles. The van der Waals surface area contributed by atoms with Crippen LogP contribution in [0.4, 0.5) is 4.39 Å². The molecule has 170 valence electrons. The van der Waals surface area contributed by atoms with Crippen LogP contribution in [0.15, 0.2) is 78.9 Å².